The fraction of sp³-hybridized carbons (Fsp3) is 0.280. The maximum Gasteiger partial charge on any atom is 0.200 e. The van der Waals surface area contributed by atoms with Crippen LogP contribution in [-0.4, -0.2) is 52.9 Å². The summed E-state index contributed by atoms with van der Waals surface area (Å²) in [4.78, 5) is 0. The second-order valence-electron chi connectivity index (χ2n) is 7.10. The summed E-state index contributed by atoms with van der Waals surface area (Å²) in [7, 11) is 9.01. The van der Waals surface area contributed by atoms with Crippen LogP contribution in [0.4, 0.5) is 0 Å². The van der Waals surface area contributed by atoms with Gasteiger partial charge in [-0.25, -0.2) is 0 Å². The van der Waals surface area contributed by atoms with E-state index in [0.717, 1.165) is 16.7 Å². The van der Waals surface area contributed by atoms with Crippen molar-refractivity contribution in [3.8, 4) is 46.0 Å². The topological polar surface area (TPSA) is 95.8 Å². The molecule has 2 N–H and O–H groups in total. The predicted octanol–water partition coefficient (Wildman–Crippen LogP) is 4.33. The van der Waals surface area contributed by atoms with E-state index in [1.165, 1.54) is 28.4 Å². The molecule has 0 aliphatic carbocycles. The van der Waals surface area contributed by atoms with Crippen LogP contribution < -0.4 is 28.4 Å². The zero-order chi connectivity index (χ0) is 24.1. The Hall–Kier alpha value is -3.94. The van der Waals surface area contributed by atoms with Crippen LogP contribution in [-0.2, 0) is 0 Å². The lowest BCUT2D eigenvalue weighted by molar-refractivity contribution is 0.338. The van der Waals surface area contributed by atoms with Crippen molar-refractivity contribution in [2.75, 3.05) is 42.7 Å². The number of methoxy groups -OCH3 is 6. The zero-order valence-electron chi connectivity index (χ0n) is 19.5. The fourth-order valence-corrected chi connectivity index (χ4v) is 3.77. The van der Waals surface area contributed by atoms with E-state index in [1.807, 2.05) is 18.2 Å². The van der Waals surface area contributed by atoms with Gasteiger partial charge in [-0.2, -0.15) is 0 Å². The first-order valence-corrected chi connectivity index (χ1v) is 10.0. The molecule has 0 amide bonds. The van der Waals surface area contributed by atoms with E-state index in [9.17, 15) is 10.2 Å². The van der Waals surface area contributed by atoms with Gasteiger partial charge in [0.15, 0.2) is 34.5 Å². The number of hydrogen-bond acceptors (Lipinski definition) is 8. The molecule has 0 aliphatic rings. The molecule has 0 aliphatic heterocycles. The third-order valence-electron chi connectivity index (χ3n) is 5.41. The van der Waals surface area contributed by atoms with Gasteiger partial charge in [0.1, 0.15) is 0 Å². The van der Waals surface area contributed by atoms with Crippen LogP contribution in [0.3, 0.4) is 0 Å². The molecule has 0 saturated carbocycles. The number of phenolic OH excluding ortho intramolecular Hbond substituents is 2. The van der Waals surface area contributed by atoms with Gasteiger partial charge in [-0.05, 0) is 53.1 Å². The molecule has 0 aromatic heterocycles. The first-order valence-electron chi connectivity index (χ1n) is 10.0. The number of hydrogen-bond donors (Lipinski definition) is 2. The number of ether oxygens (including phenoxy) is 6. The summed E-state index contributed by atoms with van der Waals surface area (Å²) in [5, 5.41) is 20.9. The Kier molecular flexibility index (Phi) is 7.27. The summed E-state index contributed by atoms with van der Waals surface area (Å²) in [6.45, 7) is 0. The maximum atomic E-state index is 10.4. The average molecular weight is 456 g/mol. The maximum absolute atomic E-state index is 10.4. The van der Waals surface area contributed by atoms with Crippen molar-refractivity contribution in [2.24, 2.45) is 0 Å². The van der Waals surface area contributed by atoms with Crippen LogP contribution in [0, 0.1) is 0 Å². The molecule has 3 aromatic rings. The second kappa shape index (κ2) is 10.1. The molecule has 3 rings (SSSR count). The highest BCUT2D eigenvalue weighted by Gasteiger charge is 2.25. The molecule has 0 radical (unpaired) electrons. The second-order valence-corrected chi connectivity index (χ2v) is 7.10. The number of phenols is 2. The van der Waals surface area contributed by atoms with Crippen molar-refractivity contribution < 1.29 is 38.6 Å². The number of aromatic hydroxyl groups is 2. The molecule has 8 heteroatoms. The summed E-state index contributed by atoms with van der Waals surface area (Å²) in [6, 6.07) is 12.5. The SMILES string of the molecule is COc1ccc(C(c2cc(OC)c(O)c(OC)c2)c2cc(OC)c(O)c(OC)c2)cc1OC. The molecule has 0 unspecified atom stereocenters. The fourth-order valence-electron chi connectivity index (χ4n) is 3.77. The lowest BCUT2D eigenvalue weighted by Gasteiger charge is -2.23. The minimum absolute atomic E-state index is 0.101. The largest absolute Gasteiger partial charge is 0.502 e. The Labute approximate surface area is 192 Å². The Morgan fingerprint density at radius 3 is 1.12 bits per heavy atom. The summed E-state index contributed by atoms with van der Waals surface area (Å²) < 4.78 is 32.4. The molecule has 0 saturated heterocycles. The third-order valence-corrected chi connectivity index (χ3v) is 5.41. The lowest BCUT2D eigenvalue weighted by atomic mass is 9.84. The van der Waals surface area contributed by atoms with Crippen LogP contribution in [0.15, 0.2) is 42.5 Å². The zero-order valence-corrected chi connectivity index (χ0v) is 19.5. The molecule has 0 fully saturated rings. The van der Waals surface area contributed by atoms with Gasteiger partial charge in [0, 0.05) is 5.92 Å². The quantitative estimate of drug-likeness (QED) is 0.460. The third kappa shape index (κ3) is 4.50. The molecule has 33 heavy (non-hydrogen) atoms. The van der Waals surface area contributed by atoms with Crippen molar-refractivity contribution in [3.63, 3.8) is 0 Å². The Balaban J connectivity index is 2.34. The number of rotatable bonds is 9. The van der Waals surface area contributed by atoms with Crippen molar-refractivity contribution in [1.29, 1.82) is 0 Å². The van der Waals surface area contributed by atoms with Crippen LogP contribution in [0.1, 0.15) is 22.6 Å². The Morgan fingerprint density at radius 1 is 0.455 bits per heavy atom. The summed E-state index contributed by atoms with van der Waals surface area (Å²) in [5.41, 5.74) is 2.35. The van der Waals surface area contributed by atoms with Crippen LogP contribution in [0.5, 0.6) is 46.0 Å². The molecular formula is C25H28O8. The summed E-state index contributed by atoms with van der Waals surface area (Å²) in [5.74, 6) is 1.56. The van der Waals surface area contributed by atoms with Gasteiger partial charge in [-0.15, -0.1) is 0 Å². The molecule has 8 nitrogen and oxygen atoms in total. The standard InChI is InChI=1S/C25H28O8/c1-28-17-8-7-14(9-18(17)29-2)23(15-10-19(30-3)24(26)20(11-15)31-4)16-12-21(32-5)25(27)22(13-16)33-6/h7-13,23,26-27H,1-6H3. The molecule has 0 spiro atoms. The van der Waals surface area contributed by atoms with Gasteiger partial charge in [0.2, 0.25) is 11.5 Å². The van der Waals surface area contributed by atoms with Gasteiger partial charge >= 0.3 is 0 Å². The van der Waals surface area contributed by atoms with Crippen LogP contribution in [0.2, 0.25) is 0 Å². The summed E-state index contributed by atoms with van der Waals surface area (Å²) in [6.07, 6.45) is 0. The first-order chi connectivity index (χ1) is 15.9. The van der Waals surface area contributed by atoms with Gasteiger partial charge in [-0.3, -0.25) is 0 Å². The molecule has 176 valence electrons. The van der Waals surface area contributed by atoms with Crippen molar-refractivity contribution in [2.45, 2.75) is 5.92 Å². The van der Waals surface area contributed by atoms with Crippen LogP contribution >= 0.6 is 0 Å². The van der Waals surface area contributed by atoms with Crippen molar-refractivity contribution >= 4 is 0 Å². The average Bonchev–Trinajstić information content (AvgIpc) is 2.85. The van der Waals surface area contributed by atoms with Gasteiger partial charge < -0.3 is 38.6 Å². The van der Waals surface area contributed by atoms with E-state index in [1.54, 1.807) is 38.5 Å². The van der Waals surface area contributed by atoms with Gasteiger partial charge in [-0.1, -0.05) is 6.07 Å². The predicted molar refractivity (Wildman–Crippen MR) is 123 cm³/mol. The molecule has 3 aromatic carbocycles. The normalized spacial score (nSPS) is 10.6. The minimum Gasteiger partial charge on any atom is -0.502 e. The molecule has 0 bridgehead atoms. The first kappa shape index (κ1) is 23.7. The van der Waals surface area contributed by atoms with E-state index in [4.69, 9.17) is 28.4 Å². The van der Waals surface area contributed by atoms with E-state index in [2.05, 4.69) is 0 Å². The Morgan fingerprint density at radius 2 is 0.788 bits per heavy atom. The molecule has 0 heterocycles. The molecule has 0 atom stereocenters. The van der Waals surface area contributed by atoms with E-state index < -0.39 is 5.92 Å². The van der Waals surface area contributed by atoms with Crippen molar-refractivity contribution in [1.82, 2.24) is 0 Å². The smallest absolute Gasteiger partial charge is 0.200 e. The Bertz CT molecular complexity index is 1010. The van der Waals surface area contributed by atoms with Crippen LogP contribution in [0.25, 0.3) is 0 Å². The minimum atomic E-state index is -0.406. The van der Waals surface area contributed by atoms with E-state index >= 15 is 0 Å². The highest BCUT2D eigenvalue weighted by molar-refractivity contribution is 5.61. The van der Waals surface area contributed by atoms with E-state index in [-0.39, 0.29) is 34.5 Å². The lowest BCUT2D eigenvalue weighted by Crippen LogP contribution is -2.06. The molecular weight excluding hydrogens is 428 g/mol. The number of benzene rings is 3. The van der Waals surface area contributed by atoms with E-state index in [0.29, 0.717) is 11.5 Å². The van der Waals surface area contributed by atoms with Gasteiger partial charge in [0.05, 0.1) is 42.7 Å². The highest BCUT2D eigenvalue weighted by atomic mass is 16.5. The monoisotopic (exact) mass is 456 g/mol. The highest BCUT2D eigenvalue weighted by Crippen LogP contribution is 2.47. The van der Waals surface area contributed by atoms with Crippen molar-refractivity contribution in [3.05, 3.63) is 59.2 Å². The summed E-state index contributed by atoms with van der Waals surface area (Å²) >= 11 is 0. The van der Waals surface area contributed by atoms with Gasteiger partial charge in [0.25, 0.3) is 0 Å².